The van der Waals surface area contributed by atoms with Crippen LogP contribution in [-0.4, -0.2) is 41.0 Å². The number of aromatic nitrogens is 3. The number of benzene rings is 1. The topological polar surface area (TPSA) is 71.8 Å². The maximum Gasteiger partial charge on any atom is 0.435 e. The van der Waals surface area contributed by atoms with Crippen molar-refractivity contribution in [3.63, 3.8) is 0 Å². The van der Waals surface area contributed by atoms with Crippen LogP contribution in [0.15, 0.2) is 24.3 Å². The van der Waals surface area contributed by atoms with E-state index in [9.17, 15) is 22.4 Å². The largest absolute Gasteiger partial charge is 0.435 e. The Balaban J connectivity index is 2.35. The predicted octanol–water partition coefficient (Wildman–Crippen LogP) is 1.76. The Morgan fingerprint density at radius 2 is 2.04 bits per heavy atom. The molecular weight excluding hydrogens is 330 g/mol. The molecule has 0 aliphatic carbocycles. The van der Waals surface area contributed by atoms with E-state index >= 15 is 0 Å². The van der Waals surface area contributed by atoms with Crippen molar-refractivity contribution in [1.29, 1.82) is 0 Å². The Labute approximate surface area is 134 Å². The van der Waals surface area contributed by atoms with Crippen LogP contribution in [0.5, 0.6) is 0 Å². The van der Waals surface area contributed by atoms with Gasteiger partial charge in [-0.25, -0.2) is 9.07 Å². The summed E-state index contributed by atoms with van der Waals surface area (Å²) in [4.78, 5) is 12.0. The third-order valence-electron chi connectivity index (χ3n) is 3.10. The molecular formula is C14H15F4N5O. The van der Waals surface area contributed by atoms with Gasteiger partial charge in [0.25, 0.3) is 5.91 Å². The van der Waals surface area contributed by atoms with E-state index in [4.69, 9.17) is 0 Å². The molecule has 6 nitrogen and oxygen atoms in total. The van der Waals surface area contributed by atoms with E-state index in [0.717, 1.165) is 12.1 Å². The third-order valence-corrected chi connectivity index (χ3v) is 3.10. The van der Waals surface area contributed by atoms with Crippen LogP contribution < -0.4 is 10.6 Å². The molecule has 0 atom stereocenters. The van der Waals surface area contributed by atoms with Crippen molar-refractivity contribution in [3.8, 4) is 5.69 Å². The molecule has 0 unspecified atom stereocenters. The summed E-state index contributed by atoms with van der Waals surface area (Å²) in [6.07, 6.45) is -4.34. The fraction of sp³-hybridized carbons (Fsp3) is 0.357. The maximum absolute atomic E-state index is 13.3. The normalized spacial score (nSPS) is 11.5. The molecule has 0 bridgehead atoms. The van der Waals surface area contributed by atoms with Crippen molar-refractivity contribution in [2.45, 2.75) is 12.6 Å². The summed E-state index contributed by atoms with van der Waals surface area (Å²) < 4.78 is 53.7. The highest BCUT2D eigenvalue weighted by atomic mass is 19.4. The lowest BCUT2D eigenvalue weighted by molar-refractivity contribution is -0.143. The summed E-state index contributed by atoms with van der Waals surface area (Å²) in [5.74, 6) is -1.71. The van der Waals surface area contributed by atoms with Crippen LogP contribution >= 0.6 is 0 Å². The van der Waals surface area contributed by atoms with Crippen LogP contribution in [0.1, 0.15) is 22.6 Å². The molecule has 1 aromatic heterocycles. The van der Waals surface area contributed by atoms with Crippen molar-refractivity contribution >= 4 is 5.91 Å². The Bertz CT molecular complexity index is 713. The lowest BCUT2D eigenvalue weighted by Gasteiger charge is -2.11. The van der Waals surface area contributed by atoms with E-state index in [0.29, 0.717) is 17.6 Å². The molecule has 10 heteroatoms. The highest BCUT2D eigenvalue weighted by molar-refractivity contribution is 5.93. The molecule has 0 saturated carbocycles. The summed E-state index contributed by atoms with van der Waals surface area (Å²) in [6, 6.07) is 4.44. The zero-order valence-electron chi connectivity index (χ0n) is 12.7. The van der Waals surface area contributed by atoms with E-state index in [1.165, 1.54) is 12.1 Å². The van der Waals surface area contributed by atoms with Crippen molar-refractivity contribution in [3.05, 3.63) is 41.5 Å². The second-order valence-electron chi connectivity index (χ2n) is 4.89. The molecule has 130 valence electrons. The molecule has 2 rings (SSSR count). The highest BCUT2D eigenvalue weighted by Gasteiger charge is 2.41. The van der Waals surface area contributed by atoms with Crippen LogP contribution in [0.2, 0.25) is 0 Å². The van der Waals surface area contributed by atoms with E-state index in [2.05, 4.69) is 20.9 Å². The van der Waals surface area contributed by atoms with E-state index in [1.807, 2.05) is 0 Å². The van der Waals surface area contributed by atoms with Gasteiger partial charge in [0.1, 0.15) is 5.82 Å². The Morgan fingerprint density at radius 3 is 2.67 bits per heavy atom. The molecule has 2 N–H and O–H groups in total. The molecule has 1 aromatic carbocycles. The molecule has 0 aliphatic heterocycles. The molecule has 0 spiro atoms. The number of hydrogen-bond donors (Lipinski definition) is 2. The average Bonchev–Trinajstić information content (AvgIpc) is 2.96. The summed E-state index contributed by atoms with van der Waals surface area (Å²) in [5, 5.41) is 11.9. The number of nitrogens with one attached hydrogen (secondary N) is 2. The van der Waals surface area contributed by atoms with Gasteiger partial charge in [-0.1, -0.05) is 11.3 Å². The summed E-state index contributed by atoms with van der Waals surface area (Å²) >= 11 is 0. The Morgan fingerprint density at radius 1 is 1.29 bits per heavy atom. The molecule has 1 heterocycles. The smallest absolute Gasteiger partial charge is 0.351 e. The number of rotatable bonds is 6. The fourth-order valence-electron chi connectivity index (χ4n) is 2.03. The van der Waals surface area contributed by atoms with E-state index in [-0.39, 0.29) is 12.2 Å². The number of carbonyl (C=O) groups is 1. The molecule has 24 heavy (non-hydrogen) atoms. The van der Waals surface area contributed by atoms with Crippen molar-refractivity contribution in [2.24, 2.45) is 0 Å². The zero-order chi connectivity index (χ0) is 17.7. The van der Waals surface area contributed by atoms with Crippen LogP contribution in [0, 0.1) is 5.82 Å². The van der Waals surface area contributed by atoms with Gasteiger partial charge >= 0.3 is 6.18 Å². The second-order valence-corrected chi connectivity index (χ2v) is 4.89. The van der Waals surface area contributed by atoms with Gasteiger partial charge in [-0.15, -0.1) is 5.10 Å². The minimum Gasteiger partial charge on any atom is -0.351 e. The first-order valence-electron chi connectivity index (χ1n) is 7.06. The number of amides is 1. The van der Waals surface area contributed by atoms with Crippen molar-refractivity contribution < 1.29 is 22.4 Å². The summed E-state index contributed by atoms with van der Waals surface area (Å²) in [6.45, 7) is 0.784. The monoisotopic (exact) mass is 345 g/mol. The number of halogens is 4. The van der Waals surface area contributed by atoms with Gasteiger partial charge < -0.3 is 10.6 Å². The minimum atomic E-state index is -4.88. The minimum absolute atomic E-state index is 0.177. The van der Waals surface area contributed by atoms with Crippen molar-refractivity contribution in [1.82, 2.24) is 25.6 Å². The maximum atomic E-state index is 13.3. The van der Waals surface area contributed by atoms with E-state index < -0.39 is 29.3 Å². The number of carbonyl (C=O) groups excluding carboxylic acids is 1. The zero-order valence-corrected chi connectivity index (χ0v) is 12.7. The molecule has 0 aliphatic rings. The summed E-state index contributed by atoms with van der Waals surface area (Å²) in [5.41, 5.74) is -2.38. The Kier molecular flexibility index (Phi) is 5.50. The SMILES string of the molecule is CNCCCNC(=O)c1nnn(-c2cccc(F)c2)c1C(F)(F)F. The molecule has 0 saturated heterocycles. The first-order valence-corrected chi connectivity index (χ1v) is 7.06. The lowest BCUT2D eigenvalue weighted by atomic mass is 10.2. The third kappa shape index (κ3) is 4.07. The number of alkyl halides is 3. The van der Waals surface area contributed by atoms with Crippen LogP contribution in [0.25, 0.3) is 5.69 Å². The second kappa shape index (κ2) is 7.39. The van der Waals surface area contributed by atoms with Crippen LogP contribution in [0.4, 0.5) is 17.6 Å². The Hall–Kier alpha value is -2.49. The number of hydrogen-bond acceptors (Lipinski definition) is 4. The molecule has 2 aromatic rings. The highest BCUT2D eigenvalue weighted by Crippen LogP contribution is 2.32. The van der Waals surface area contributed by atoms with Gasteiger partial charge in [-0.05, 0) is 38.2 Å². The van der Waals surface area contributed by atoms with Gasteiger partial charge in [0.2, 0.25) is 0 Å². The standard InChI is InChI=1S/C14H15F4N5O/c1-19-6-3-7-20-13(24)11-12(14(16,17)18)23(22-21-11)10-5-2-4-9(15)8-10/h2,4-5,8,19H,3,6-7H2,1H3,(H,20,24). The molecule has 0 radical (unpaired) electrons. The van der Waals surface area contributed by atoms with Gasteiger partial charge in [-0.2, -0.15) is 13.2 Å². The molecule has 1 amide bonds. The average molecular weight is 345 g/mol. The van der Waals surface area contributed by atoms with Gasteiger partial charge in [-0.3, -0.25) is 4.79 Å². The lowest BCUT2D eigenvalue weighted by Crippen LogP contribution is -2.29. The van der Waals surface area contributed by atoms with E-state index in [1.54, 1.807) is 7.05 Å². The fourth-order valence-corrected chi connectivity index (χ4v) is 2.03. The number of nitrogens with zero attached hydrogens (tertiary/aromatic N) is 3. The van der Waals surface area contributed by atoms with Gasteiger partial charge in [0, 0.05) is 6.54 Å². The molecule has 0 fully saturated rings. The van der Waals surface area contributed by atoms with Gasteiger partial charge in [0.15, 0.2) is 11.4 Å². The van der Waals surface area contributed by atoms with Gasteiger partial charge in [0.05, 0.1) is 5.69 Å². The van der Waals surface area contributed by atoms with Crippen molar-refractivity contribution in [2.75, 3.05) is 20.1 Å². The van der Waals surface area contributed by atoms with Crippen LogP contribution in [-0.2, 0) is 6.18 Å². The summed E-state index contributed by atoms with van der Waals surface area (Å²) in [7, 11) is 1.72. The quantitative estimate of drug-likeness (QED) is 0.618. The van der Waals surface area contributed by atoms with Crippen LogP contribution in [0.3, 0.4) is 0 Å². The first-order chi connectivity index (χ1) is 11.3. The first kappa shape index (κ1) is 17.9. The predicted molar refractivity (Wildman–Crippen MR) is 77.2 cm³/mol.